The Kier molecular flexibility index (Phi) is 6.29. The zero-order valence-corrected chi connectivity index (χ0v) is 17.6. The molecule has 0 atom stereocenters. The first-order chi connectivity index (χ1) is 13.9. The van der Waals surface area contributed by atoms with E-state index in [0.717, 1.165) is 29.1 Å². The number of hydrogen-bond acceptors (Lipinski definition) is 7. The molecule has 29 heavy (non-hydrogen) atoms. The summed E-state index contributed by atoms with van der Waals surface area (Å²) in [4.78, 5) is 16.6. The summed E-state index contributed by atoms with van der Waals surface area (Å²) in [5, 5.41) is 17.1. The minimum Gasteiger partial charge on any atom is -0.451 e. The largest absolute Gasteiger partial charge is 0.451 e. The van der Waals surface area contributed by atoms with Gasteiger partial charge in [-0.15, -0.1) is 0 Å². The Morgan fingerprint density at radius 3 is 2.90 bits per heavy atom. The Labute approximate surface area is 173 Å². The number of aryl methyl sites for hydroxylation is 1. The van der Waals surface area contributed by atoms with Gasteiger partial charge in [-0.25, -0.2) is 4.79 Å². The van der Waals surface area contributed by atoms with Gasteiger partial charge in [-0.3, -0.25) is 0 Å². The van der Waals surface area contributed by atoms with Crippen LogP contribution in [0.25, 0.3) is 17.5 Å². The summed E-state index contributed by atoms with van der Waals surface area (Å²) in [5.74, 6) is 0.375. The fraction of sp³-hybridized carbons (Fsp3) is 0.333. The molecule has 0 aliphatic carbocycles. The van der Waals surface area contributed by atoms with Crippen molar-refractivity contribution in [2.75, 3.05) is 0 Å². The van der Waals surface area contributed by atoms with Gasteiger partial charge < -0.3 is 13.8 Å². The van der Waals surface area contributed by atoms with Gasteiger partial charge in [0.1, 0.15) is 11.6 Å². The van der Waals surface area contributed by atoms with Crippen LogP contribution in [-0.4, -0.2) is 20.7 Å². The Morgan fingerprint density at radius 2 is 2.24 bits per heavy atom. The number of ether oxygens (including phenoxy) is 1. The zero-order chi connectivity index (χ0) is 21.0. The van der Waals surface area contributed by atoms with E-state index < -0.39 is 5.97 Å². The number of carbonyl (C=O) groups excluding carboxylic acids is 1. The number of carbonyl (C=O) groups is 1. The van der Waals surface area contributed by atoms with Gasteiger partial charge in [0.2, 0.25) is 5.82 Å². The number of esters is 1. The third kappa shape index (κ3) is 4.81. The maximum Gasteiger partial charge on any atom is 0.349 e. The normalized spacial score (nSPS) is 11.7. The van der Waals surface area contributed by atoms with E-state index in [9.17, 15) is 10.1 Å². The van der Waals surface area contributed by atoms with E-state index >= 15 is 0 Å². The second-order valence-electron chi connectivity index (χ2n) is 7.10. The lowest BCUT2D eigenvalue weighted by atomic mass is 10.1. The number of thiophene rings is 1. The number of rotatable bonds is 7. The van der Waals surface area contributed by atoms with Crippen molar-refractivity contribution in [1.82, 2.24) is 14.7 Å². The lowest BCUT2D eigenvalue weighted by Gasteiger charge is -2.12. The molecule has 0 saturated carbocycles. The average Bonchev–Trinajstić information content (AvgIpc) is 3.41. The van der Waals surface area contributed by atoms with Crippen LogP contribution in [0, 0.1) is 31.1 Å². The monoisotopic (exact) mass is 410 g/mol. The van der Waals surface area contributed by atoms with Gasteiger partial charge in [0.05, 0.1) is 0 Å². The maximum absolute atomic E-state index is 12.4. The Balaban J connectivity index is 1.70. The zero-order valence-electron chi connectivity index (χ0n) is 16.8. The molecule has 150 valence electrons. The van der Waals surface area contributed by atoms with Crippen molar-refractivity contribution in [2.45, 2.75) is 40.8 Å². The second kappa shape index (κ2) is 8.88. The molecule has 0 aliphatic rings. The smallest absolute Gasteiger partial charge is 0.349 e. The predicted molar refractivity (Wildman–Crippen MR) is 110 cm³/mol. The van der Waals surface area contributed by atoms with Gasteiger partial charge >= 0.3 is 5.97 Å². The first-order valence-electron chi connectivity index (χ1n) is 9.19. The summed E-state index contributed by atoms with van der Waals surface area (Å²) >= 11 is 1.52. The summed E-state index contributed by atoms with van der Waals surface area (Å²) in [6, 6.07) is 5.76. The number of nitriles is 1. The molecule has 0 amide bonds. The first-order valence-corrected chi connectivity index (χ1v) is 10.1. The molecular formula is C21H22N4O3S. The summed E-state index contributed by atoms with van der Waals surface area (Å²) < 4.78 is 12.5. The molecule has 0 spiro atoms. The van der Waals surface area contributed by atoms with Gasteiger partial charge in [0.15, 0.2) is 6.61 Å². The van der Waals surface area contributed by atoms with Crippen LogP contribution in [-0.2, 0) is 22.7 Å². The molecule has 8 heteroatoms. The van der Waals surface area contributed by atoms with E-state index in [-0.39, 0.29) is 18.1 Å². The third-order valence-corrected chi connectivity index (χ3v) is 5.06. The van der Waals surface area contributed by atoms with Crippen molar-refractivity contribution in [1.29, 1.82) is 5.26 Å². The van der Waals surface area contributed by atoms with E-state index in [1.54, 1.807) is 6.08 Å². The van der Waals surface area contributed by atoms with Crippen molar-refractivity contribution in [3.63, 3.8) is 0 Å². The van der Waals surface area contributed by atoms with Crippen molar-refractivity contribution >= 4 is 23.4 Å². The van der Waals surface area contributed by atoms with Crippen molar-refractivity contribution in [3.05, 3.63) is 51.3 Å². The quantitative estimate of drug-likeness (QED) is 0.323. The minimum absolute atomic E-state index is 0.0765. The van der Waals surface area contributed by atoms with Crippen LogP contribution in [0.3, 0.4) is 0 Å². The highest BCUT2D eigenvalue weighted by Crippen LogP contribution is 2.21. The summed E-state index contributed by atoms with van der Waals surface area (Å²) in [6.45, 7) is 8.97. The Bertz CT molecular complexity index is 1070. The Hall–Kier alpha value is -3.18. The molecule has 3 heterocycles. The van der Waals surface area contributed by atoms with Gasteiger partial charge in [0.25, 0.3) is 5.89 Å². The SMILES string of the molecule is Cc1cc(/C=C(\C#N)C(=O)OCc2nc(-c3ccsc3)no2)c(C)n1CC(C)C. The van der Waals surface area contributed by atoms with E-state index in [1.165, 1.54) is 11.3 Å². The number of aromatic nitrogens is 3. The molecule has 0 bridgehead atoms. The van der Waals surface area contributed by atoms with Crippen LogP contribution >= 0.6 is 11.3 Å². The first kappa shape index (κ1) is 20.6. The van der Waals surface area contributed by atoms with Gasteiger partial charge in [-0.2, -0.15) is 21.6 Å². The van der Waals surface area contributed by atoms with E-state index in [4.69, 9.17) is 9.26 Å². The summed E-state index contributed by atoms with van der Waals surface area (Å²) in [5.41, 5.74) is 3.68. The molecule has 7 nitrogen and oxygen atoms in total. The van der Waals surface area contributed by atoms with Crippen LogP contribution in [0.15, 0.2) is 33.0 Å². The third-order valence-electron chi connectivity index (χ3n) is 4.37. The van der Waals surface area contributed by atoms with Crippen LogP contribution in [0.4, 0.5) is 0 Å². The fourth-order valence-corrected chi connectivity index (χ4v) is 3.57. The molecule has 3 rings (SSSR count). The van der Waals surface area contributed by atoms with Gasteiger partial charge in [0, 0.05) is 28.9 Å². The van der Waals surface area contributed by atoms with Crippen LogP contribution in [0.1, 0.15) is 36.7 Å². The van der Waals surface area contributed by atoms with Crippen molar-refractivity contribution in [2.24, 2.45) is 5.92 Å². The number of nitrogens with zero attached hydrogens (tertiary/aromatic N) is 4. The van der Waals surface area contributed by atoms with E-state index in [0.29, 0.717) is 11.7 Å². The summed E-state index contributed by atoms with van der Waals surface area (Å²) in [6.07, 6.45) is 1.56. The molecule has 0 saturated heterocycles. The van der Waals surface area contributed by atoms with E-state index in [2.05, 4.69) is 28.6 Å². The van der Waals surface area contributed by atoms with Gasteiger partial charge in [-0.1, -0.05) is 19.0 Å². The molecular weight excluding hydrogens is 388 g/mol. The fourth-order valence-electron chi connectivity index (χ4n) is 2.94. The Morgan fingerprint density at radius 1 is 1.45 bits per heavy atom. The topological polar surface area (TPSA) is 93.9 Å². The minimum atomic E-state index is -0.726. The molecule has 0 aliphatic heterocycles. The maximum atomic E-state index is 12.4. The van der Waals surface area contributed by atoms with Gasteiger partial charge in [-0.05, 0) is 48.9 Å². The van der Waals surface area contributed by atoms with Crippen molar-refractivity contribution < 1.29 is 14.1 Å². The molecule has 3 aromatic rings. The molecule has 3 aromatic heterocycles. The summed E-state index contributed by atoms with van der Waals surface area (Å²) in [7, 11) is 0. The highest BCUT2D eigenvalue weighted by atomic mass is 32.1. The highest BCUT2D eigenvalue weighted by Gasteiger charge is 2.16. The van der Waals surface area contributed by atoms with Crippen molar-refractivity contribution in [3.8, 4) is 17.5 Å². The van der Waals surface area contributed by atoms with Crippen LogP contribution < -0.4 is 0 Å². The highest BCUT2D eigenvalue weighted by molar-refractivity contribution is 7.08. The molecule has 0 aromatic carbocycles. The standard InChI is InChI=1S/C21H22N4O3S/c1-13(2)10-25-14(3)7-17(15(25)4)8-18(9-22)21(26)27-11-19-23-20(24-28-19)16-5-6-29-12-16/h5-8,12-13H,10-11H2,1-4H3/b18-8+. The molecule has 0 N–H and O–H groups in total. The molecule has 0 fully saturated rings. The van der Waals surface area contributed by atoms with Crippen LogP contribution in [0.5, 0.6) is 0 Å². The van der Waals surface area contributed by atoms with Crippen LogP contribution in [0.2, 0.25) is 0 Å². The number of hydrogen-bond donors (Lipinski definition) is 0. The lowest BCUT2D eigenvalue weighted by molar-refractivity contribution is -0.140. The molecule has 0 radical (unpaired) electrons. The predicted octanol–water partition coefficient (Wildman–Crippen LogP) is 4.52. The van der Waals surface area contributed by atoms with E-state index in [1.807, 2.05) is 42.8 Å². The average molecular weight is 410 g/mol. The second-order valence-corrected chi connectivity index (χ2v) is 7.88. The molecule has 0 unspecified atom stereocenters. The lowest BCUT2D eigenvalue weighted by Crippen LogP contribution is -2.08.